The second kappa shape index (κ2) is 8.25. The number of hydrogen-bond acceptors (Lipinski definition) is 3. The van der Waals surface area contributed by atoms with Gasteiger partial charge in [-0.3, -0.25) is 9.59 Å². The average molecular weight is 318 g/mol. The molecule has 1 unspecified atom stereocenters. The van der Waals surface area contributed by atoms with Crippen LogP contribution in [0, 0.1) is 19.8 Å². The highest BCUT2D eigenvalue weighted by Crippen LogP contribution is 2.17. The van der Waals surface area contributed by atoms with Crippen LogP contribution in [0.3, 0.4) is 0 Å². The smallest absolute Gasteiger partial charge is 0.220 e. The maximum absolute atomic E-state index is 12.3. The minimum absolute atomic E-state index is 0.0136. The Labute approximate surface area is 139 Å². The Kier molecular flexibility index (Phi) is 6.95. The molecule has 0 saturated carbocycles. The van der Waals surface area contributed by atoms with E-state index >= 15 is 0 Å². The summed E-state index contributed by atoms with van der Waals surface area (Å²) in [7, 11) is 0. The first kappa shape index (κ1) is 19.4. The van der Waals surface area contributed by atoms with Crippen LogP contribution in [-0.4, -0.2) is 23.8 Å². The van der Waals surface area contributed by atoms with Crippen molar-refractivity contribution in [3.05, 3.63) is 34.9 Å². The Morgan fingerprint density at radius 2 is 1.87 bits per heavy atom. The summed E-state index contributed by atoms with van der Waals surface area (Å²) >= 11 is 0. The number of nitrogens with two attached hydrogens (primary N) is 1. The average Bonchev–Trinajstić information content (AvgIpc) is 2.46. The molecule has 0 saturated heterocycles. The van der Waals surface area contributed by atoms with Crippen molar-refractivity contribution in [1.82, 2.24) is 5.32 Å². The lowest BCUT2D eigenvalue weighted by molar-refractivity contribution is -0.122. The molecule has 0 fully saturated rings. The van der Waals surface area contributed by atoms with E-state index in [2.05, 4.69) is 19.2 Å². The molecule has 128 valence electrons. The molecule has 1 amide bonds. The van der Waals surface area contributed by atoms with Crippen LogP contribution in [0.25, 0.3) is 0 Å². The normalized spacial score (nSPS) is 13.7. The van der Waals surface area contributed by atoms with Crippen molar-refractivity contribution in [2.75, 3.05) is 6.54 Å². The maximum atomic E-state index is 12.3. The number of amides is 1. The van der Waals surface area contributed by atoms with Crippen LogP contribution in [0.4, 0.5) is 0 Å². The molecule has 0 heterocycles. The first-order valence-corrected chi connectivity index (χ1v) is 8.28. The van der Waals surface area contributed by atoms with Crippen molar-refractivity contribution in [2.24, 2.45) is 11.7 Å². The van der Waals surface area contributed by atoms with E-state index in [0.717, 1.165) is 17.5 Å². The molecule has 0 bridgehead atoms. The van der Waals surface area contributed by atoms with E-state index in [1.165, 1.54) is 0 Å². The minimum Gasteiger partial charge on any atom is -0.350 e. The molecule has 23 heavy (non-hydrogen) atoms. The van der Waals surface area contributed by atoms with E-state index in [1.54, 1.807) is 0 Å². The summed E-state index contributed by atoms with van der Waals surface area (Å²) in [6.07, 6.45) is 1.23. The number of hydrogen-bond donors (Lipinski definition) is 2. The zero-order chi connectivity index (χ0) is 17.6. The fourth-order valence-corrected chi connectivity index (χ4v) is 2.88. The monoisotopic (exact) mass is 318 g/mol. The molecule has 0 spiro atoms. The van der Waals surface area contributed by atoms with E-state index < -0.39 is 5.54 Å². The molecule has 0 radical (unpaired) electrons. The number of ketones is 1. The van der Waals surface area contributed by atoms with Gasteiger partial charge in [-0.15, -0.1) is 0 Å². The van der Waals surface area contributed by atoms with Crippen LogP contribution >= 0.6 is 0 Å². The van der Waals surface area contributed by atoms with Crippen LogP contribution < -0.4 is 11.1 Å². The maximum Gasteiger partial charge on any atom is 0.220 e. The number of rotatable bonds is 8. The molecular formula is C19H30N2O2. The largest absolute Gasteiger partial charge is 0.350 e. The zero-order valence-electron chi connectivity index (χ0n) is 15.0. The van der Waals surface area contributed by atoms with Gasteiger partial charge in [-0.2, -0.15) is 0 Å². The summed E-state index contributed by atoms with van der Waals surface area (Å²) in [5.74, 6) is 0.345. The fourth-order valence-electron chi connectivity index (χ4n) is 2.88. The summed E-state index contributed by atoms with van der Waals surface area (Å²) in [5.41, 5.74) is 8.11. The predicted molar refractivity (Wildman–Crippen MR) is 94.5 cm³/mol. The molecule has 4 nitrogen and oxygen atoms in total. The quantitative estimate of drug-likeness (QED) is 0.723. The summed E-state index contributed by atoms with van der Waals surface area (Å²) in [6.45, 7) is 10.4. The van der Waals surface area contributed by atoms with E-state index in [0.29, 0.717) is 18.0 Å². The van der Waals surface area contributed by atoms with E-state index in [9.17, 15) is 9.59 Å². The first-order chi connectivity index (χ1) is 10.7. The molecule has 1 rings (SSSR count). The first-order valence-electron chi connectivity index (χ1n) is 8.28. The van der Waals surface area contributed by atoms with Crippen LogP contribution in [-0.2, 0) is 4.79 Å². The second-order valence-corrected chi connectivity index (χ2v) is 7.15. The number of carbonyl (C=O) groups is 2. The van der Waals surface area contributed by atoms with Crippen molar-refractivity contribution >= 4 is 11.7 Å². The highest BCUT2D eigenvalue weighted by molar-refractivity contribution is 5.99. The highest BCUT2D eigenvalue weighted by Gasteiger charge is 2.26. The Bertz CT molecular complexity index is 566. The summed E-state index contributed by atoms with van der Waals surface area (Å²) in [6, 6.07) is 5.81. The third-order valence-corrected chi connectivity index (χ3v) is 4.02. The lowest BCUT2D eigenvalue weighted by Crippen LogP contribution is -2.52. The predicted octanol–water partition coefficient (Wildman–Crippen LogP) is 3.15. The Morgan fingerprint density at radius 1 is 1.22 bits per heavy atom. The van der Waals surface area contributed by atoms with Gasteiger partial charge in [0.05, 0.1) is 0 Å². The molecule has 4 heteroatoms. The van der Waals surface area contributed by atoms with Gasteiger partial charge in [0, 0.05) is 30.5 Å². The Balaban J connectivity index is 2.62. The van der Waals surface area contributed by atoms with Crippen molar-refractivity contribution in [2.45, 2.75) is 59.4 Å². The van der Waals surface area contributed by atoms with Crippen molar-refractivity contribution < 1.29 is 9.59 Å². The van der Waals surface area contributed by atoms with Gasteiger partial charge >= 0.3 is 0 Å². The standard InChI is InChI=1S/C19H30N2O2/c1-13(2)11-19(5,12-20)21-18(23)9-8-17(22)16-10-14(3)6-7-15(16)4/h6-7,10,13H,8-9,11-12,20H2,1-5H3,(H,21,23). The Morgan fingerprint density at radius 3 is 2.43 bits per heavy atom. The summed E-state index contributed by atoms with van der Waals surface area (Å²) < 4.78 is 0. The Hall–Kier alpha value is -1.68. The zero-order valence-corrected chi connectivity index (χ0v) is 15.0. The number of nitrogens with one attached hydrogen (secondary N) is 1. The van der Waals surface area contributed by atoms with Gasteiger partial charge < -0.3 is 11.1 Å². The van der Waals surface area contributed by atoms with Crippen molar-refractivity contribution in [1.29, 1.82) is 0 Å². The van der Waals surface area contributed by atoms with Gasteiger partial charge in [0.2, 0.25) is 5.91 Å². The topological polar surface area (TPSA) is 72.2 Å². The molecule has 0 aliphatic rings. The van der Waals surface area contributed by atoms with Gasteiger partial charge in [-0.1, -0.05) is 31.5 Å². The SMILES string of the molecule is Cc1ccc(C)c(C(=O)CCC(=O)NC(C)(CN)CC(C)C)c1. The summed E-state index contributed by atoms with van der Waals surface area (Å²) in [4.78, 5) is 24.5. The molecule has 0 aromatic heterocycles. The highest BCUT2D eigenvalue weighted by atomic mass is 16.2. The van der Waals surface area contributed by atoms with E-state index in [-0.39, 0.29) is 24.5 Å². The van der Waals surface area contributed by atoms with Crippen LogP contribution in [0.1, 0.15) is 61.5 Å². The van der Waals surface area contributed by atoms with E-state index in [4.69, 9.17) is 5.73 Å². The third kappa shape index (κ3) is 6.14. The number of Topliss-reactive ketones (excluding diaryl/α,β-unsaturated/α-hetero) is 1. The molecule has 1 aromatic rings. The third-order valence-electron chi connectivity index (χ3n) is 4.02. The molecule has 0 aliphatic heterocycles. The molecule has 3 N–H and O–H groups in total. The second-order valence-electron chi connectivity index (χ2n) is 7.15. The van der Waals surface area contributed by atoms with Crippen LogP contribution in [0.15, 0.2) is 18.2 Å². The minimum atomic E-state index is -0.409. The van der Waals surface area contributed by atoms with Crippen LogP contribution in [0.2, 0.25) is 0 Å². The van der Waals surface area contributed by atoms with Crippen LogP contribution in [0.5, 0.6) is 0 Å². The molecule has 0 aliphatic carbocycles. The lowest BCUT2D eigenvalue weighted by atomic mass is 9.90. The van der Waals surface area contributed by atoms with Crippen molar-refractivity contribution in [3.63, 3.8) is 0 Å². The van der Waals surface area contributed by atoms with Gasteiger partial charge in [0.1, 0.15) is 0 Å². The van der Waals surface area contributed by atoms with Gasteiger partial charge in [0.25, 0.3) is 0 Å². The van der Waals surface area contributed by atoms with Crippen molar-refractivity contribution in [3.8, 4) is 0 Å². The summed E-state index contributed by atoms with van der Waals surface area (Å²) in [5, 5.41) is 2.99. The van der Waals surface area contributed by atoms with Gasteiger partial charge in [-0.05, 0) is 44.7 Å². The van der Waals surface area contributed by atoms with Gasteiger partial charge in [-0.25, -0.2) is 0 Å². The van der Waals surface area contributed by atoms with Gasteiger partial charge in [0.15, 0.2) is 5.78 Å². The molecular weight excluding hydrogens is 288 g/mol. The molecule has 1 aromatic carbocycles. The number of benzene rings is 1. The number of aryl methyl sites for hydroxylation is 2. The fraction of sp³-hybridized carbons (Fsp3) is 0.579. The van der Waals surface area contributed by atoms with E-state index in [1.807, 2.05) is 39.0 Å². The number of carbonyl (C=O) groups excluding carboxylic acids is 2. The molecule has 1 atom stereocenters. The lowest BCUT2D eigenvalue weighted by Gasteiger charge is -2.31.